The molecule has 1 N–H and O–H groups in total. The smallest absolute Gasteiger partial charge is 0.408 e. The molecule has 5 unspecified atom stereocenters. The molecule has 3 rings (SSSR count). The van der Waals surface area contributed by atoms with Gasteiger partial charge in [0.2, 0.25) is 0 Å². The quantitative estimate of drug-likeness (QED) is 0.712. The topological polar surface area (TPSA) is 66.4 Å². The van der Waals surface area contributed by atoms with Crippen LogP contribution in [0.4, 0.5) is 0 Å². The van der Waals surface area contributed by atoms with Gasteiger partial charge in [-0.25, -0.2) is 0 Å². The monoisotopic (exact) mass is 256 g/mol. The van der Waals surface area contributed by atoms with Crippen LogP contribution in [0, 0.1) is 0 Å². The highest BCUT2D eigenvalue weighted by atomic mass is 16.7. The lowest BCUT2D eigenvalue weighted by Crippen LogP contribution is -2.39. The molecular formula is C10H18B2O6. The van der Waals surface area contributed by atoms with E-state index in [2.05, 4.69) is 0 Å². The summed E-state index contributed by atoms with van der Waals surface area (Å²) in [5.74, 6) is 0. The van der Waals surface area contributed by atoms with Gasteiger partial charge in [-0.1, -0.05) is 13.8 Å². The highest BCUT2D eigenvalue weighted by Gasteiger charge is 2.56. The molecule has 0 aliphatic carbocycles. The molecule has 0 aromatic carbocycles. The average molecular weight is 256 g/mol. The maximum absolute atomic E-state index is 9.84. The van der Waals surface area contributed by atoms with Crippen LogP contribution in [0.2, 0.25) is 12.6 Å². The van der Waals surface area contributed by atoms with Crippen LogP contribution in [0.3, 0.4) is 0 Å². The summed E-state index contributed by atoms with van der Waals surface area (Å²) in [5, 5.41) is 9.84. The molecule has 0 bridgehead atoms. The number of hydrogen-bond acceptors (Lipinski definition) is 6. The van der Waals surface area contributed by atoms with E-state index in [0.717, 1.165) is 12.6 Å². The van der Waals surface area contributed by atoms with Crippen LogP contribution in [0.15, 0.2) is 0 Å². The van der Waals surface area contributed by atoms with Gasteiger partial charge in [0.05, 0.1) is 12.7 Å². The third-order valence-electron chi connectivity index (χ3n) is 3.65. The second kappa shape index (κ2) is 5.11. The lowest BCUT2D eigenvalue weighted by Gasteiger charge is -2.22. The fourth-order valence-electron chi connectivity index (χ4n) is 2.70. The minimum atomic E-state index is -0.944. The zero-order valence-electron chi connectivity index (χ0n) is 10.7. The van der Waals surface area contributed by atoms with Gasteiger partial charge in [-0.15, -0.1) is 0 Å². The van der Waals surface area contributed by atoms with E-state index >= 15 is 0 Å². The standard InChI is InChI=1S/C10H18B2O6/c1-3-11-14-5-6(16-11)7-8-9(10(13)15-7)18-12(4-2)17-8/h6-10,13H,3-5H2,1-2H3. The largest absolute Gasteiger partial charge is 0.457 e. The second-order valence-electron chi connectivity index (χ2n) is 4.88. The van der Waals surface area contributed by atoms with Crippen molar-refractivity contribution in [1.82, 2.24) is 0 Å². The maximum atomic E-state index is 9.84. The van der Waals surface area contributed by atoms with Crippen molar-refractivity contribution in [2.24, 2.45) is 0 Å². The van der Waals surface area contributed by atoms with E-state index < -0.39 is 12.4 Å². The molecule has 3 aliphatic heterocycles. The summed E-state index contributed by atoms with van der Waals surface area (Å²) >= 11 is 0. The summed E-state index contributed by atoms with van der Waals surface area (Å²) in [6.45, 7) is 4.46. The Morgan fingerprint density at radius 2 is 1.72 bits per heavy atom. The molecule has 6 nitrogen and oxygen atoms in total. The van der Waals surface area contributed by atoms with Crippen LogP contribution >= 0.6 is 0 Å². The van der Waals surface area contributed by atoms with E-state index in [4.69, 9.17) is 23.4 Å². The van der Waals surface area contributed by atoms with E-state index in [1.165, 1.54) is 0 Å². The molecule has 8 heteroatoms. The second-order valence-corrected chi connectivity index (χ2v) is 4.88. The van der Waals surface area contributed by atoms with E-state index in [1.54, 1.807) is 0 Å². The average Bonchev–Trinajstić information content (AvgIpc) is 3.05. The third kappa shape index (κ3) is 2.11. The number of aliphatic hydroxyl groups excluding tert-OH is 1. The summed E-state index contributed by atoms with van der Waals surface area (Å²) in [4.78, 5) is 0. The molecule has 3 saturated heterocycles. The number of rotatable bonds is 3. The molecule has 3 heterocycles. The molecule has 5 atom stereocenters. The summed E-state index contributed by atoms with van der Waals surface area (Å²) < 4.78 is 28.1. The molecule has 100 valence electrons. The van der Waals surface area contributed by atoms with Crippen molar-refractivity contribution in [3.63, 3.8) is 0 Å². The van der Waals surface area contributed by atoms with Gasteiger partial charge >= 0.3 is 14.2 Å². The summed E-state index contributed by atoms with van der Waals surface area (Å²) in [7, 11) is -0.440. The Bertz CT molecular complexity index is 306. The zero-order valence-corrected chi connectivity index (χ0v) is 10.7. The predicted molar refractivity (Wildman–Crippen MR) is 63.9 cm³/mol. The molecular weight excluding hydrogens is 238 g/mol. The molecule has 3 aliphatic rings. The van der Waals surface area contributed by atoms with Gasteiger partial charge in [0, 0.05) is 0 Å². The highest BCUT2D eigenvalue weighted by molar-refractivity contribution is 6.45. The number of ether oxygens (including phenoxy) is 1. The first-order chi connectivity index (χ1) is 8.72. The van der Waals surface area contributed by atoms with Crippen LogP contribution in [0.5, 0.6) is 0 Å². The molecule has 0 aromatic heterocycles. The van der Waals surface area contributed by atoms with Gasteiger partial charge in [-0.05, 0) is 12.6 Å². The van der Waals surface area contributed by atoms with Crippen molar-refractivity contribution in [2.45, 2.75) is 57.2 Å². The van der Waals surface area contributed by atoms with Crippen molar-refractivity contribution >= 4 is 14.2 Å². The first-order valence-electron chi connectivity index (χ1n) is 6.64. The van der Waals surface area contributed by atoms with Gasteiger partial charge in [0.25, 0.3) is 0 Å². The summed E-state index contributed by atoms with van der Waals surface area (Å²) in [6, 6.07) is 0. The fraction of sp³-hybridized carbons (Fsp3) is 1.00. The van der Waals surface area contributed by atoms with Gasteiger partial charge < -0.3 is 28.5 Å². The normalized spacial score (nSPS) is 43.8. The molecule has 3 fully saturated rings. The Kier molecular flexibility index (Phi) is 3.66. The summed E-state index contributed by atoms with van der Waals surface area (Å²) in [5.41, 5.74) is 0. The number of aliphatic hydroxyl groups is 1. The van der Waals surface area contributed by atoms with Gasteiger partial charge in [-0.2, -0.15) is 0 Å². The van der Waals surface area contributed by atoms with Crippen LogP contribution in [-0.4, -0.2) is 56.7 Å². The van der Waals surface area contributed by atoms with Gasteiger partial charge in [-0.3, -0.25) is 0 Å². The van der Waals surface area contributed by atoms with Crippen LogP contribution in [0.25, 0.3) is 0 Å². The zero-order chi connectivity index (χ0) is 12.7. The molecule has 0 radical (unpaired) electrons. The Balaban J connectivity index is 1.67. The number of fused-ring (bicyclic) bond motifs is 1. The third-order valence-corrected chi connectivity index (χ3v) is 3.65. The molecule has 0 aromatic rings. The first-order valence-corrected chi connectivity index (χ1v) is 6.64. The van der Waals surface area contributed by atoms with E-state index in [9.17, 15) is 5.11 Å². The van der Waals surface area contributed by atoms with Crippen molar-refractivity contribution in [3.05, 3.63) is 0 Å². The summed E-state index contributed by atoms with van der Waals surface area (Å²) in [6.07, 6.45) is -0.586. The minimum Gasteiger partial charge on any atom is -0.408 e. The van der Waals surface area contributed by atoms with Crippen LogP contribution in [-0.2, 0) is 23.4 Å². The van der Waals surface area contributed by atoms with E-state index in [1.807, 2.05) is 13.8 Å². The fourth-order valence-corrected chi connectivity index (χ4v) is 2.70. The molecule has 0 spiro atoms. The predicted octanol–water partition coefficient (Wildman–Crippen LogP) is -0.0808. The van der Waals surface area contributed by atoms with Crippen LogP contribution < -0.4 is 0 Å². The molecule has 0 saturated carbocycles. The lowest BCUT2D eigenvalue weighted by atomic mass is 9.86. The first kappa shape index (κ1) is 12.9. The van der Waals surface area contributed by atoms with Crippen LogP contribution in [0.1, 0.15) is 13.8 Å². The Hall–Kier alpha value is -0.110. The molecule has 0 amide bonds. The van der Waals surface area contributed by atoms with Crippen molar-refractivity contribution in [1.29, 1.82) is 0 Å². The van der Waals surface area contributed by atoms with Crippen molar-refractivity contribution in [3.8, 4) is 0 Å². The SMILES string of the molecule is CCB1OCC(C2OC(O)C3OB(CC)OC32)O1. The maximum Gasteiger partial charge on any atom is 0.457 e. The van der Waals surface area contributed by atoms with E-state index in [-0.39, 0.29) is 32.5 Å². The molecule has 18 heavy (non-hydrogen) atoms. The Morgan fingerprint density at radius 1 is 1.00 bits per heavy atom. The minimum absolute atomic E-state index is 0.181. The van der Waals surface area contributed by atoms with Crippen molar-refractivity contribution < 1.29 is 28.5 Å². The highest BCUT2D eigenvalue weighted by Crippen LogP contribution is 2.36. The number of hydrogen-bond donors (Lipinski definition) is 1. The van der Waals surface area contributed by atoms with Crippen molar-refractivity contribution in [2.75, 3.05) is 6.61 Å². The van der Waals surface area contributed by atoms with Gasteiger partial charge in [0.15, 0.2) is 6.29 Å². The van der Waals surface area contributed by atoms with Gasteiger partial charge in [0.1, 0.15) is 18.3 Å². The van der Waals surface area contributed by atoms with E-state index in [0.29, 0.717) is 6.61 Å². The Labute approximate surface area is 107 Å². The lowest BCUT2D eigenvalue weighted by molar-refractivity contribution is -0.142. The Morgan fingerprint density at radius 3 is 2.39 bits per heavy atom.